The molecule has 0 saturated heterocycles. The molecule has 4 heteroatoms. The Labute approximate surface area is 125 Å². The summed E-state index contributed by atoms with van der Waals surface area (Å²) in [4.78, 5) is 16.2. The van der Waals surface area contributed by atoms with Gasteiger partial charge in [-0.3, -0.25) is 4.79 Å². The van der Waals surface area contributed by atoms with Gasteiger partial charge >= 0.3 is 0 Å². The second kappa shape index (κ2) is 6.31. The Kier molecular flexibility index (Phi) is 4.48. The predicted octanol–water partition coefficient (Wildman–Crippen LogP) is 2.61. The monoisotopic (exact) mass is 283 g/mol. The first-order valence-electron chi connectivity index (χ1n) is 6.84. The third kappa shape index (κ3) is 3.75. The van der Waals surface area contributed by atoms with Crippen molar-refractivity contribution in [3.05, 3.63) is 59.7 Å². The Balaban J connectivity index is 2.14. The number of rotatable bonds is 4. The van der Waals surface area contributed by atoms with E-state index in [-0.39, 0.29) is 5.91 Å². The minimum Gasteiger partial charge on any atom is -0.399 e. The van der Waals surface area contributed by atoms with Crippen molar-refractivity contribution in [2.45, 2.75) is 6.54 Å². The van der Waals surface area contributed by atoms with Crippen LogP contribution in [0.15, 0.2) is 48.5 Å². The largest absolute Gasteiger partial charge is 0.399 e. The fourth-order valence-corrected chi connectivity index (χ4v) is 2.17. The van der Waals surface area contributed by atoms with Crippen LogP contribution in [-0.4, -0.2) is 32.0 Å². The summed E-state index contributed by atoms with van der Waals surface area (Å²) >= 11 is 0. The van der Waals surface area contributed by atoms with Crippen LogP contribution in [-0.2, 0) is 6.54 Å². The Bertz CT molecular complexity index is 637. The van der Waals surface area contributed by atoms with Crippen molar-refractivity contribution < 1.29 is 4.79 Å². The van der Waals surface area contributed by atoms with Gasteiger partial charge < -0.3 is 15.5 Å². The molecule has 2 N–H and O–H groups in total. The second-order valence-corrected chi connectivity index (χ2v) is 5.35. The van der Waals surface area contributed by atoms with Crippen molar-refractivity contribution in [2.24, 2.45) is 0 Å². The van der Waals surface area contributed by atoms with E-state index in [1.165, 1.54) is 0 Å². The first kappa shape index (κ1) is 14.9. The van der Waals surface area contributed by atoms with E-state index in [9.17, 15) is 4.79 Å². The van der Waals surface area contributed by atoms with Crippen molar-refractivity contribution in [1.29, 1.82) is 0 Å². The lowest BCUT2D eigenvalue weighted by Crippen LogP contribution is -2.26. The van der Waals surface area contributed by atoms with Gasteiger partial charge in [0.15, 0.2) is 0 Å². The molecule has 0 fully saturated rings. The summed E-state index contributed by atoms with van der Waals surface area (Å²) < 4.78 is 0. The van der Waals surface area contributed by atoms with Crippen molar-refractivity contribution in [3.8, 4) is 0 Å². The number of carbonyl (C=O) groups excluding carboxylic acids is 1. The molecule has 2 aromatic rings. The van der Waals surface area contributed by atoms with Gasteiger partial charge in [-0.1, -0.05) is 18.2 Å². The van der Waals surface area contributed by atoms with Crippen molar-refractivity contribution in [2.75, 3.05) is 31.8 Å². The maximum atomic E-state index is 12.5. The lowest BCUT2D eigenvalue weighted by molar-refractivity contribution is 0.0785. The highest BCUT2D eigenvalue weighted by molar-refractivity contribution is 5.95. The molecule has 0 radical (unpaired) electrons. The molecule has 0 aliphatic heterocycles. The molecule has 0 bridgehead atoms. The van der Waals surface area contributed by atoms with Crippen LogP contribution in [0, 0.1) is 0 Å². The summed E-state index contributed by atoms with van der Waals surface area (Å²) in [7, 11) is 5.72. The molecule has 0 atom stereocenters. The van der Waals surface area contributed by atoms with Crippen LogP contribution in [0.1, 0.15) is 15.9 Å². The molecule has 0 aliphatic carbocycles. The number of anilines is 2. The van der Waals surface area contributed by atoms with E-state index in [0.29, 0.717) is 17.8 Å². The molecule has 21 heavy (non-hydrogen) atoms. The second-order valence-electron chi connectivity index (χ2n) is 5.35. The van der Waals surface area contributed by atoms with Gasteiger partial charge in [0, 0.05) is 44.6 Å². The number of nitrogen functional groups attached to an aromatic ring is 1. The summed E-state index contributed by atoms with van der Waals surface area (Å²) in [6.45, 7) is 0.538. The SMILES string of the molecule is CN(Cc1cccc(N)c1)C(=O)c1cccc(N(C)C)c1. The number of amides is 1. The van der Waals surface area contributed by atoms with E-state index in [4.69, 9.17) is 5.73 Å². The normalized spacial score (nSPS) is 10.2. The van der Waals surface area contributed by atoms with Gasteiger partial charge in [0.25, 0.3) is 5.91 Å². The van der Waals surface area contributed by atoms with E-state index >= 15 is 0 Å². The topological polar surface area (TPSA) is 49.6 Å². The number of nitrogens with zero attached hydrogens (tertiary/aromatic N) is 2. The van der Waals surface area contributed by atoms with Crippen molar-refractivity contribution in [1.82, 2.24) is 4.90 Å². The average molecular weight is 283 g/mol. The van der Waals surface area contributed by atoms with Gasteiger partial charge in [-0.05, 0) is 35.9 Å². The van der Waals surface area contributed by atoms with Gasteiger partial charge in [0.2, 0.25) is 0 Å². The molecule has 110 valence electrons. The van der Waals surface area contributed by atoms with E-state index in [1.807, 2.05) is 67.5 Å². The molecule has 0 heterocycles. The van der Waals surface area contributed by atoms with E-state index in [1.54, 1.807) is 11.9 Å². The first-order valence-corrected chi connectivity index (χ1v) is 6.84. The quantitative estimate of drug-likeness (QED) is 0.878. The molecule has 1 amide bonds. The van der Waals surface area contributed by atoms with E-state index in [2.05, 4.69) is 0 Å². The van der Waals surface area contributed by atoms with Crippen LogP contribution in [0.5, 0.6) is 0 Å². The number of benzene rings is 2. The molecular weight excluding hydrogens is 262 g/mol. The van der Waals surface area contributed by atoms with Crippen molar-refractivity contribution >= 4 is 17.3 Å². The highest BCUT2D eigenvalue weighted by atomic mass is 16.2. The number of hydrogen-bond acceptors (Lipinski definition) is 3. The molecule has 2 aromatic carbocycles. The molecule has 0 aliphatic rings. The Hall–Kier alpha value is -2.49. The van der Waals surface area contributed by atoms with Gasteiger partial charge in [-0.25, -0.2) is 0 Å². The molecule has 0 saturated carbocycles. The number of hydrogen-bond donors (Lipinski definition) is 1. The molecule has 0 aromatic heterocycles. The fourth-order valence-electron chi connectivity index (χ4n) is 2.17. The fraction of sp³-hybridized carbons (Fsp3) is 0.235. The summed E-state index contributed by atoms with van der Waals surface area (Å²) in [5, 5.41) is 0. The minimum absolute atomic E-state index is 0.00104. The maximum absolute atomic E-state index is 12.5. The van der Waals surface area contributed by atoms with Gasteiger partial charge in [0.1, 0.15) is 0 Å². The molecule has 4 nitrogen and oxygen atoms in total. The molecule has 0 spiro atoms. The zero-order valence-corrected chi connectivity index (χ0v) is 12.7. The Morgan fingerprint density at radius 2 is 1.76 bits per heavy atom. The van der Waals surface area contributed by atoms with Crippen LogP contribution in [0.2, 0.25) is 0 Å². The number of nitrogens with two attached hydrogens (primary N) is 1. The lowest BCUT2D eigenvalue weighted by atomic mass is 10.1. The summed E-state index contributed by atoms with van der Waals surface area (Å²) in [6, 6.07) is 15.2. The average Bonchev–Trinajstić information content (AvgIpc) is 2.46. The van der Waals surface area contributed by atoms with Crippen LogP contribution >= 0.6 is 0 Å². The van der Waals surface area contributed by atoms with E-state index < -0.39 is 0 Å². The third-order valence-corrected chi connectivity index (χ3v) is 3.33. The summed E-state index contributed by atoms with van der Waals surface area (Å²) in [6.07, 6.45) is 0. The standard InChI is InChI=1S/C17H21N3O/c1-19(2)16-9-5-7-14(11-16)17(21)20(3)12-13-6-4-8-15(18)10-13/h4-11H,12,18H2,1-3H3. The highest BCUT2D eigenvalue weighted by Gasteiger charge is 2.13. The first-order chi connectivity index (χ1) is 9.97. The highest BCUT2D eigenvalue weighted by Crippen LogP contribution is 2.16. The molecule has 2 rings (SSSR count). The Morgan fingerprint density at radius 3 is 2.43 bits per heavy atom. The van der Waals surface area contributed by atoms with Gasteiger partial charge in [-0.15, -0.1) is 0 Å². The van der Waals surface area contributed by atoms with E-state index in [0.717, 1.165) is 11.3 Å². The lowest BCUT2D eigenvalue weighted by Gasteiger charge is -2.19. The van der Waals surface area contributed by atoms with Gasteiger partial charge in [0.05, 0.1) is 0 Å². The zero-order valence-electron chi connectivity index (χ0n) is 12.7. The van der Waals surface area contributed by atoms with Crippen LogP contribution in [0.25, 0.3) is 0 Å². The maximum Gasteiger partial charge on any atom is 0.253 e. The van der Waals surface area contributed by atoms with Crippen LogP contribution in [0.3, 0.4) is 0 Å². The van der Waals surface area contributed by atoms with Crippen LogP contribution < -0.4 is 10.6 Å². The van der Waals surface area contributed by atoms with Crippen molar-refractivity contribution in [3.63, 3.8) is 0 Å². The zero-order chi connectivity index (χ0) is 15.4. The molecular formula is C17H21N3O. The Morgan fingerprint density at radius 1 is 1.05 bits per heavy atom. The smallest absolute Gasteiger partial charge is 0.253 e. The predicted molar refractivity (Wildman–Crippen MR) is 87.4 cm³/mol. The summed E-state index contributed by atoms with van der Waals surface area (Å²) in [5.74, 6) is 0.00104. The third-order valence-electron chi connectivity index (χ3n) is 3.33. The van der Waals surface area contributed by atoms with Crippen LogP contribution in [0.4, 0.5) is 11.4 Å². The number of carbonyl (C=O) groups is 1. The minimum atomic E-state index is 0.00104. The van der Waals surface area contributed by atoms with Gasteiger partial charge in [-0.2, -0.15) is 0 Å². The molecule has 0 unspecified atom stereocenters. The summed E-state index contributed by atoms with van der Waals surface area (Å²) in [5.41, 5.74) is 9.20.